The minimum absolute atomic E-state index is 0.291. The number of thiazole rings is 1. The average Bonchev–Trinajstić information content (AvgIpc) is 2.57. The van der Waals surface area contributed by atoms with Crippen molar-refractivity contribution in [3.8, 4) is 0 Å². The fraction of sp³-hybridized carbons (Fsp3) is 0.636. The molecule has 2 rings (SSSR count). The molecule has 0 unspecified atom stereocenters. The van der Waals surface area contributed by atoms with E-state index >= 15 is 0 Å². The Labute approximate surface area is 98.8 Å². The number of aryl methyl sites for hydroxylation is 1. The van der Waals surface area contributed by atoms with Crippen molar-refractivity contribution in [3.63, 3.8) is 0 Å². The van der Waals surface area contributed by atoms with Crippen LogP contribution in [0.4, 0.5) is 0 Å². The minimum atomic E-state index is -0.342. The van der Waals surface area contributed by atoms with Crippen molar-refractivity contribution >= 4 is 17.3 Å². The molecule has 0 bridgehead atoms. The van der Waals surface area contributed by atoms with E-state index in [0.29, 0.717) is 12.3 Å². The number of aromatic nitrogens is 1. The zero-order valence-corrected chi connectivity index (χ0v) is 10.4. The van der Waals surface area contributed by atoms with E-state index in [-0.39, 0.29) is 11.5 Å². The first-order valence-corrected chi connectivity index (χ1v) is 6.32. The van der Waals surface area contributed by atoms with E-state index < -0.39 is 0 Å². The van der Waals surface area contributed by atoms with E-state index in [1.165, 1.54) is 11.3 Å². The lowest BCUT2D eigenvalue weighted by Gasteiger charge is -2.35. The van der Waals surface area contributed by atoms with E-state index in [0.717, 1.165) is 29.1 Å². The molecule has 0 radical (unpaired) electrons. The highest BCUT2D eigenvalue weighted by atomic mass is 32.1. The smallest absolute Gasteiger partial charge is 0.358 e. The summed E-state index contributed by atoms with van der Waals surface area (Å²) >= 11 is 1.51. The van der Waals surface area contributed by atoms with Gasteiger partial charge in [0.2, 0.25) is 0 Å². The van der Waals surface area contributed by atoms with Crippen molar-refractivity contribution in [2.75, 3.05) is 6.61 Å². The summed E-state index contributed by atoms with van der Waals surface area (Å²) in [6.45, 7) is 4.05. The molecule has 1 saturated carbocycles. The Bertz CT molecular complexity index is 410. The van der Waals surface area contributed by atoms with E-state index in [4.69, 9.17) is 10.5 Å². The second-order valence-corrected chi connectivity index (χ2v) is 5.36. The summed E-state index contributed by atoms with van der Waals surface area (Å²) in [5.41, 5.74) is 6.31. The van der Waals surface area contributed by atoms with Gasteiger partial charge in [-0.15, -0.1) is 11.3 Å². The number of esters is 1. The first kappa shape index (κ1) is 11.5. The van der Waals surface area contributed by atoms with Crippen molar-refractivity contribution in [2.24, 2.45) is 5.73 Å². The summed E-state index contributed by atoms with van der Waals surface area (Å²) in [5, 5.41) is 0.874. The highest BCUT2D eigenvalue weighted by Gasteiger charge is 2.38. The van der Waals surface area contributed by atoms with Crippen LogP contribution in [0.15, 0.2) is 0 Å². The summed E-state index contributed by atoms with van der Waals surface area (Å²) in [6.07, 6.45) is 3.06. The first-order chi connectivity index (χ1) is 7.57. The minimum Gasteiger partial charge on any atom is -0.461 e. The van der Waals surface area contributed by atoms with Crippen LogP contribution in [0.3, 0.4) is 0 Å². The molecule has 5 heteroatoms. The molecule has 1 aliphatic carbocycles. The molecule has 16 heavy (non-hydrogen) atoms. The number of hydrogen-bond acceptors (Lipinski definition) is 5. The summed E-state index contributed by atoms with van der Waals surface area (Å²) in [7, 11) is 0. The Morgan fingerprint density at radius 1 is 1.62 bits per heavy atom. The van der Waals surface area contributed by atoms with Gasteiger partial charge < -0.3 is 10.5 Å². The maximum atomic E-state index is 11.6. The molecule has 0 spiro atoms. The third-order valence-corrected chi connectivity index (χ3v) is 4.13. The number of nitrogens with two attached hydrogens (primary N) is 1. The standard InChI is InChI=1S/C11H16N2O2S/c1-3-15-9(14)8-7(2)16-10(13-8)11(12)5-4-6-11/h3-6,12H2,1-2H3. The number of hydrogen-bond donors (Lipinski definition) is 1. The number of carbonyl (C=O) groups is 1. The highest BCUT2D eigenvalue weighted by molar-refractivity contribution is 7.12. The number of carbonyl (C=O) groups excluding carboxylic acids is 1. The van der Waals surface area contributed by atoms with Crippen LogP contribution in [0.5, 0.6) is 0 Å². The quantitative estimate of drug-likeness (QED) is 0.820. The maximum absolute atomic E-state index is 11.6. The normalized spacial score (nSPS) is 17.9. The van der Waals surface area contributed by atoms with Gasteiger partial charge in [0.05, 0.1) is 12.1 Å². The molecule has 0 saturated heterocycles. The van der Waals surface area contributed by atoms with Gasteiger partial charge in [0.25, 0.3) is 0 Å². The Hall–Kier alpha value is -0.940. The number of ether oxygens (including phenoxy) is 1. The molecule has 1 aliphatic rings. The fourth-order valence-electron chi connectivity index (χ4n) is 1.77. The second kappa shape index (κ2) is 4.14. The van der Waals surface area contributed by atoms with E-state index in [1.54, 1.807) is 6.92 Å². The van der Waals surface area contributed by atoms with Crippen LogP contribution in [0.2, 0.25) is 0 Å². The zero-order valence-electron chi connectivity index (χ0n) is 9.58. The predicted octanol–water partition coefficient (Wildman–Crippen LogP) is 1.97. The molecule has 1 heterocycles. The largest absolute Gasteiger partial charge is 0.461 e. The van der Waals surface area contributed by atoms with Crippen LogP contribution < -0.4 is 5.73 Å². The molecule has 2 N–H and O–H groups in total. The topological polar surface area (TPSA) is 65.2 Å². The molecule has 0 amide bonds. The van der Waals surface area contributed by atoms with Crippen molar-refractivity contribution in [1.82, 2.24) is 4.98 Å². The van der Waals surface area contributed by atoms with Crippen molar-refractivity contribution in [2.45, 2.75) is 38.6 Å². The lowest BCUT2D eigenvalue weighted by atomic mass is 9.78. The summed E-state index contributed by atoms with van der Waals surface area (Å²) in [6, 6.07) is 0. The van der Waals surface area contributed by atoms with E-state index in [2.05, 4.69) is 4.98 Å². The Balaban J connectivity index is 2.25. The average molecular weight is 240 g/mol. The summed E-state index contributed by atoms with van der Waals surface area (Å²) in [5.74, 6) is -0.342. The Kier molecular flexibility index (Phi) is 2.99. The molecule has 88 valence electrons. The highest BCUT2D eigenvalue weighted by Crippen LogP contribution is 2.41. The van der Waals surface area contributed by atoms with Crippen LogP contribution in [-0.4, -0.2) is 17.6 Å². The van der Waals surface area contributed by atoms with Gasteiger partial charge >= 0.3 is 5.97 Å². The molecule has 0 aromatic carbocycles. The lowest BCUT2D eigenvalue weighted by molar-refractivity contribution is 0.0519. The third-order valence-electron chi connectivity index (χ3n) is 2.94. The Morgan fingerprint density at radius 2 is 2.31 bits per heavy atom. The van der Waals surface area contributed by atoms with Gasteiger partial charge in [-0.05, 0) is 33.1 Å². The molecule has 4 nitrogen and oxygen atoms in total. The van der Waals surface area contributed by atoms with Crippen molar-refractivity contribution in [3.05, 3.63) is 15.6 Å². The van der Waals surface area contributed by atoms with Crippen LogP contribution in [0, 0.1) is 6.92 Å². The van der Waals surface area contributed by atoms with Crippen LogP contribution >= 0.6 is 11.3 Å². The van der Waals surface area contributed by atoms with Gasteiger partial charge in [-0.3, -0.25) is 0 Å². The molecule has 0 aliphatic heterocycles. The van der Waals surface area contributed by atoms with Crippen LogP contribution in [0.1, 0.15) is 46.6 Å². The summed E-state index contributed by atoms with van der Waals surface area (Å²) in [4.78, 5) is 16.8. The monoisotopic (exact) mass is 240 g/mol. The molecule has 1 aromatic heterocycles. The molecule has 1 aromatic rings. The number of rotatable bonds is 3. The molecular formula is C11H16N2O2S. The molecule has 0 atom stereocenters. The van der Waals surface area contributed by atoms with Gasteiger partial charge in [0, 0.05) is 4.88 Å². The lowest BCUT2D eigenvalue weighted by Crippen LogP contribution is -2.43. The fourth-order valence-corrected chi connectivity index (χ4v) is 2.83. The van der Waals surface area contributed by atoms with Crippen molar-refractivity contribution in [1.29, 1.82) is 0 Å². The SMILES string of the molecule is CCOC(=O)c1nc(C2(N)CCC2)sc1C. The van der Waals surface area contributed by atoms with Gasteiger partial charge in [-0.2, -0.15) is 0 Å². The molecule has 1 fully saturated rings. The number of nitrogens with zero attached hydrogens (tertiary/aromatic N) is 1. The maximum Gasteiger partial charge on any atom is 0.358 e. The van der Waals surface area contributed by atoms with Crippen LogP contribution in [0.25, 0.3) is 0 Å². The first-order valence-electron chi connectivity index (χ1n) is 5.51. The third kappa shape index (κ3) is 1.85. The van der Waals surface area contributed by atoms with Gasteiger partial charge in [-0.1, -0.05) is 0 Å². The Morgan fingerprint density at radius 3 is 2.81 bits per heavy atom. The van der Waals surface area contributed by atoms with E-state index in [9.17, 15) is 4.79 Å². The van der Waals surface area contributed by atoms with E-state index in [1.807, 2.05) is 6.92 Å². The predicted molar refractivity (Wildman–Crippen MR) is 62.5 cm³/mol. The second-order valence-electron chi connectivity index (χ2n) is 4.15. The van der Waals surface area contributed by atoms with Crippen LogP contribution in [-0.2, 0) is 10.3 Å². The van der Waals surface area contributed by atoms with Gasteiger partial charge in [0.1, 0.15) is 5.01 Å². The molecular weight excluding hydrogens is 224 g/mol. The zero-order chi connectivity index (χ0) is 11.8. The van der Waals surface area contributed by atoms with Gasteiger partial charge in [0.15, 0.2) is 5.69 Å². The van der Waals surface area contributed by atoms with Gasteiger partial charge in [-0.25, -0.2) is 9.78 Å². The van der Waals surface area contributed by atoms with Crippen molar-refractivity contribution < 1.29 is 9.53 Å². The summed E-state index contributed by atoms with van der Waals surface area (Å²) < 4.78 is 4.95.